The summed E-state index contributed by atoms with van der Waals surface area (Å²) in [5.41, 5.74) is 0. The van der Waals surface area contributed by atoms with Crippen LogP contribution in [0.5, 0.6) is 0 Å². The molecule has 0 saturated heterocycles. The number of benzene rings is 1. The van der Waals surface area contributed by atoms with Gasteiger partial charge in [0.2, 0.25) is 10.0 Å². The molecule has 0 aromatic heterocycles. The standard InChI is InChI=1S/C12H16ClNO4S/c1-8(2)11(12(15)16)7-14-19(17,18)10-5-3-9(13)4-6-10/h3-6,8,11,14H,7H2,1-2H3,(H,15,16). The smallest absolute Gasteiger partial charge is 0.308 e. The molecule has 1 aromatic carbocycles. The monoisotopic (exact) mass is 305 g/mol. The Labute approximate surface area is 117 Å². The first-order valence-corrected chi connectivity index (χ1v) is 7.58. The summed E-state index contributed by atoms with van der Waals surface area (Å²) < 4.78 is 26.2. The summed E-state index contributed by atoms with van der Waals surface area (Å²) in [6, 6.07) is 5.67. The van der Waals surface area contributed by atoms with E-state index >= 15 is 0 Å². The van der Waals surface area contributed by atoms with E-state index in [0.717, 1.165) is 0 Å². The molecule has 0 radical (unpaired) electrons. The van der Waals surface area contributed by atoms with Crippen molar-refractivity contribution in [1.29, 1.82) is 0 Å². The Morgan fingerprint density at radius 2 is 1.84 bits per heavy atom. The van der Waals surface area contributed by atoms with E-state index in [1.165, 1.54) is 24.3 Å². The summed E-state index contributed by atoms with van der Waals surface area (Å²) in [6.07, 6.45) is 0. The average Bonchev–Trinajstić information content (AvgIpc) is 2.28. The number of nitrogens with one attached hydrogen (secondary N) is 1. The van der Waals surface area contributed by atoms with Crippen molar-refractivity contribution in [2.75, 3.05) is 6.54 Å². The summed E-state index contributed by atoms with van der Waals surface area (Å²) in [7, 11) is -3.71. The van der Waals surface area contributed by atoms with Crippen molar-refractivity contribution < 1.29 is 18.3 Å². The van der Waals surface area contributed by atoms with Gasteiger partial charge in [-0.2, -0.15) is 0 Å². The molecule has 0 spiro atoms. The topological polar surface area (TPSA) is 83.5 Å². The van der Waals surface area contributed by atoms with E-state index in [-0.39, 0.29) is 17.4 Å². The molecular formula is C12H16ClNO4S. The van der Waals surface area contributed by atoms with Crippen LogP contribution in [0, 0.1) is 11.8 Å². The minimum Gasteiger partial charge on any atom is -0.481 e. The maximum atomic E-state index is 11.9. The lowest BCUT2D eigenvalue weighted by atomic mass is 9.97. The highest BCUT2D eigenvalue weighted by atomic mass is 35.5. The Hall–Kier alpha value is -1.11. The van der Waals surface area contributed by atoms with Crippen LogP contribution in [0.1, 0.15) is 13.8 Å². The molecule has 1 unspecified atom stereocenters. The second-order valence-corrected chi connectivity index (χ2v) is 6.70. The third kappa shape index (κ3) is 4.49. The minimum absolute atomic E-state index is 0.0600. The predicted octanol–water partition coefficient (Wildman–Crippen LogP) is 1.98. The lowest BCUT2D eigenvalue weighted by Crippen LogP contribution is -2.35. The van der Waals surface area contributed by atoms with Gasteiger partial charge in [-0.3, -0.25) is 4.79 Å². The lowest BCUT2D eigenvalue weighted by molar-refractivity contribution is -0.142. The number of carboxylic acid groups (broad SMARTS) is 1. The number of aliphatic carboxylic acids is 1. The fourth-order valence-electron chi connectivity index (χ4n) is 1.50. The summed E-state index contributed by atoms with van der Waals surface area (Å²) in [5, 5.41) is 9.43. The quantitative estimate of drug-likeness (QED) is 0.841. The largest absolute Gasteiger partial charge is 0.481 e. The van der Waals surface area contributed by atoms with Crippen LogP contribution >= 0.6 is 11.6 Å². The van der Waals surface area contributed by atoms with Crippen molar-refractivity contribution >= 4 is 27.6 Å². The van der Waals surface area contributed by atoms with E-state index in [9.17, 15) is 13.2 Å². The molecule has 0 fully saturated rings. The van der Waals surface area contributed by atoms with E-state index in [0.29, 0.717) is 5.02 Å². The highest BCUT2D eigenvalue weighted by molar-refractivity contribution is 7.89. The van der Waals surface area contributed by atoms with Crippen molar-refractivity contribution in [3.05, 3.63) is 29.3 Å². The van der Waals surface area contributed by atoms with Crippen molar-refractivity contribution in [3.63, 3.8) is 0 Å². The van der Waals surface area contributed by atoms with Gasteiger partial charge in [0.05, 0.1) is 10.8 Å². The molecule has 0 aliphatic carbocycles. The Morgan fingerprint density at radius 1 is 1.32 bits per heavy atom. The summed E-state index contributed by atoms with van der Waals surface area (Å²) in [6.45, 7) is 3.32. The van der Waals surface area contributed by atoms with E-state index in [4.69, 9.17) is 16.7 Å². The second-order valence-electron chi connectivity index (χ2n) is 4.49. The fraction of sp³-hybridized carbons (Fsp3) is 0.417. The third-order valence-electron chi connectivity index (χ3n) is 2.74. The molecule has 0 aliphatic heterocycles. The number of carbonyl (C=O) groups is 1. The zero-order valence-electron chi connectivity index (χ0n) is 10.6. The Kier molecular flexibility index (Phi) is 5.34. The van der Waals surface area contributed by atoms with Crippen LogP contribution in [0.3, 0.4) is 0 Å². The van der Waals surface area contributed by atoms with Crippen LogP contribution in [-0.2, 0) is 14.8 Å². The van der Waals surface area contributed by atoms with Gasteiger partial charge in [-0.15, -0.1) is 0 Å². The van der Waals surface area contributed by atoms with E-state index in [1.807, 2.05) is 0 Å². The van der Waals surface area contributed by atoms with Gasteiger partial charge < -0.3 is 5.11 Å². The van der Waals surface area contributed by atoms with Crippen LogP contribution in [-0.4, -0.2) is 26.0 Å². The molecule has 0 saturated carbocycles. The molecule has 0 heterocycles. The zero-order valence-corrected chi connectivity index (χ0v) is 12.2. The van der Waals surface area contributed by atoms with Gasteiger partial charge >= 0.3 is 5.97 Å². The summed E-state index contributed by atoms with van der Waals surface area (Å²) in [5.74, 6) is -1.94. The SMILES string of the molecule is CC(C)C(CNS(=O)(=O)c1ccc(Cl)cc1)C(=O)O. The van der Waals surface area contributed by atoms with E-state index < -0.39 is 21.9 Å². The Bertz CT molecular complexity index is 539. The molecule has 106 valence electrons. The summed E-state index contributed by atoms with van der Waals surface area (Å²) in [4.78, 5) is 11.0. The maximum Gasteiger partial charge on any atom is 0.308 e. The molecule has 1 atom stereocenters. The molecule has 7 heteroatoms. The molecular weight excluding hydrogens is 290 g/mol. The van der Waals surface area contributed by atoms with Crippen molar-refractivity contribution in [2.45, 2.75) is 18.7 Å². The predicted molar refractivity (Wildman–Crippen MR) is 72.6 cm³/mol. The number of sulfonamides is 1. The number of rotatable bonds is 6. The number of hydrogen-bond acceptors (Lipinski definition) is 3. The first-order valence-electron chi connectivity index (χ1n) is 5.72. The average molecular weight is 306 g/mol. The first-order chi connectivity index (χ1) is 8.74. The van der Waals surface area contributed by atoms with Gasteiger partial charge in [-0.25, -0.2) is 13.1 Å². The first kappa shape index (κ1) is 15.9. The highest BCUT2D eigenvalue weighted by Crippen LogP contribution is 2.15. The lowest BCUT2D eigenvalue weighted by Gasteiger charge is -2.16. The number of carboxylic acids is 1. The van der Waals surface area contributed by atoms with Gasteiger partial charge in [0, 0.05) is 11.6 Å². The number of hydrogen-bond donors (Lipinski definition) is 2. The molecule has 19 heavy (non-hydrogen) atoms. The van der Waals surface area contributed by atoms with Crippen molar-refractivity contribution in [2.24, 2.45) is 11.8 Å². The molecule has 0 amide bonds. The van der Waals surface area contributed by atoms with E-state index in [2.05, 4.69) is 4.72 Å². The van der Waals surface area contributed by atoms with Crippen LogP contribution in [0.15, 0.2) is 29.2 Å². The Morgan fingerprint density at radius 3 is 2.26 bits per heavy atom. The zero-order chi connectivity index (χ0) is 14.6. The minimum atomic E-state index is -3.71. The van der Waals surface area contributed by atoms with Crippen LogP contribution in [0.25, 0.3) is 0 Å². The highest BCUT2D eigenvalue weighted by Gasteiger charge is 2.24. The molecule has 1 aromatic rings. The van der Waals surface area contributed by atoms with Gasteiger partial charge in [-0.05, 0) is 30.2 Å². The van der Waals surface area contributed by atoms with Crippen molar-refractivity contribution in [1.82, 2.24) is 4.72 Å². The van der Waals surface area contributed by atoms with Crippen LogP contribution in [0.2, 0.25) is 5.02 Å². The Balaban J connectivity index is 2.80. The van der Waals surface area contributed by atoms with E-state index in [1.54, 1.807) is 13.8 Å². The fourth-order valence-corrected chi connectivity index (χ4v) is 2.69. The summed E-state index contributed by atoms with van der Waals surface area (Å²) >= 11 is 5.68. The normalized spacial score (nSPS) is 13.5. The van der Waals surface area contributed by atoms with Crippen LogP contribution in [0.4, 0.5) is 0 Å². The third-order valence-corrected chi connectivity index (χ3v) is 4.43. The molecule has 5 nitrogen and oxygen atoms in total. The molecule has 1 rings (SSSR count). The number of halogens is 1. The van der Waals surface area contributed by atoms with Gasteiger partial charge in [0.25, 0.3) is 0 Å². The van der Waals surface area contributed by atoms with Gasteiger partial charge in [0.15, 0.2) is 0 Å². The van der Waals surface area contributed by atoms with Gasteiger partial charge in [-0.1, -0.05) is 25.4 Å². The molecule has 2 N–H and O–H groups in total. The van der Waals surface area contributed by atoms with Crippen molar-refractivity contribution in [3.8, 4) is 0 Å². The van der Waals surface area contributed by atoms with Gasteiger partial charge in [0.1, 0.15) is 0 Å². The molecule has 0 bridgehead atoms. The maximum absolute atomic E-state index is 11.9. The second kappa shape index (κ2) is 6.36. The van der Waals surface area contributed by atoms with Crippen LogP contribution < -0.4 is 4.72 Å². The molecule has 0 aliphatic rings.